The van der Waals surface area contributed by atoms with Crippen LogP contribution in [-0.2, 0) is 13.1 Å². The molecule has 4 aromatic carbocycles. The molecule has 0 amide bonds. The molecule has 4 nitrogen and oxygen atoms in total. The standard InChI is InChI=1S/C28H32N2O2/c1-31-27-15-13-21(23-9-3-5-11-25(23)27)19-29-17-7-8-18-30-20-22-14-16-28(32-2)26-12-6-4-10-24(22)26/h3-6,9-16,29-30H,7-8,17-20H2,1-2H3. The van der Waals surface area contributed by atoms with Gasteiger partial charge in [0.05, 0.1) is 14.2 Å². The maximum Gasteiger partial charge on any atom is 0.126 e. The first kappa shape index (κ1) is 22.1. The minimum absolute atomic E-state index is 0.871. The summed E-state index contributed by atoms with van der Waals surface area (Å²) < 4.78 is 11.0. The quantitative estimate of drug-likeness (QED) is 0.302. The van der Waals surface area contributed by atoms with Gasteiger partial charge >= 0.3 is 0 Å². The van der Waals surface area contributed by atoms with Crippen LogP contribution in [0.3, 0.4) is 0 Å². The Hall–Kier alpha value is -3.08. The molecule has 0 spiro atoms. The Balaban J connectivity index is 1.21. The van der Waals surface area contributed by atoms with Crippen molar-refractivity contribution in [2.45, 2.75) is 25.9 Å². The van der Waals surface area contributed by atoms with E-state index >= 15 is 0 Å². The predicted octanol–water partition coefficient (Wildman–Crippen LogP) is 5.67. The predicted molar refractivity (Wildman–Crippen MR) is 134 cm³/mol. The van der Waals surface area contributed by atoms with Gasteiger partial charge in [0.15, 0.2) is 0 Å². The third kappa shape index (κ3) is 5.04. The molecule has 0 aliphatic rings. The van der Waals surface area contributed by atoms with Gasteiger partial charge < -0.3 is 20.1 Å². The summed E-state index contributed by atoms with van der Waals surface area (Å²) in [7, 11) is 3.45. The number of fused-ring (bicyclic) bond motifs is 2. The van der Waals surface area contributed by atoms with Crippen molar-refractivity contribution in [3.8, 4) is 11.5 Å². The maximum atomic E-state index is 5.50. The summed E-state index contributed by atoms with van der Waals surface area (Å²) >= 11 is 0. The van der Waals surface area contributed by atoms with Gasteiger partial charge in [0.2, 0.25) is 0 Å². The molecule has 0 saturated carbocycles. The van der Waals surface area contributed by atoms with Gasteiger partial charge in [-0.25, -0.2) is 0 Å². The molecule has 0 aliphatic heterocycles. The van der Waals surface area contributed by atoms with Crippen LogP contribution >= 0.6 is 0 Å². The molecule has 166 valence electrons. The van der Waals surface area contributed by atoms with Gasteiger partial charge in [-0.1, -0.05) is 60.7 Å². The summed E-state index contributed by atoms with van der Waals surface area (Å²) in [4.78, 5) is 0. The first-order valence-corrected chi connectivity index (χ1v) is 11.3. The lowest BCUT2D eigenvalue weighted by molar-refractivity contribution is 0.419. The summed E-state index contributed by atoms with van der Waals surface area (Å²) in [6.07, 6.45) is 2.29. The summed E-state index contributed by atoms with van der Waals surface area (Å²) in [5, 5.41) is 12.0. The van der Waals surface area contributed by atoms with Gasteiger partial charge in [-0.05, 0) is 60.0 Å². The van der Waals surface area contributed by atoms with Crippen LogP contribution in [0.15, 0.2) is 72.8 Å². The van der Waals surface area contributed by atoms with Crippen molar-refractivity contribution in [1.29, 1.82) is 0 Å². The second kappa shape index (κ2) is 11.0. The summed E-state index contributed by atoms with van der Waals surface area (Å²) in [5.41, 5.74) is 2.62. The van der Waals surface area contributed by atoms with Crippen molar-refractivity contribution in [2.75, 3.05) is 27.3 Å². The van der Waals surface area contributed by atoms with E-state index in [2.05, 4.69) is 83.4 Å². The highest BCUT2D eigenvalue weighted by Crippen LogP contribution is 2.29. The second-order valence-electron chi connectivity index (χ2n) is 8.01. The van der Waals surface area contributed by atoms with Crippen LogP contribution in [0.5, 0.6) is 11.5 Å². The zero-order valence-electron chi connectivity index (χ0n) is 19.0. The van der Waals surface area contributed by atoms with Gasteiger partial charge in [0.25, 0.3) is 0 Å². The number of unbranched alkanes of at least 4 members (excludes halogenated alkanes) is 1. The minimum Gasteiger partial charge on any atom is -0.496 e. The van der Waals surface area contributed by atoms with E-state index in [4.69, 9.17) is 9.47 Å². The molecule has 32 heavy (non-hydrogen) atoms. The minimum atomic E-state index is 0.871. The number of rotatable bonds is 11. The van der Waals surface area contributed by atoms with Crippen LogP contribution in [0, 0.1) is 0 Å². The van der Waals surface area contributed by atoms with Gasteiger partial charge in [0, 0.05) is 23.9 Å². The highest BCUT2D eigenvalue weighted by molar-refractivity contribution is 5.91. The van der Waals surface area contributed by atoms with E-state index < -0.39 is 0 Å². The van der Waals surface area contributed by atoms with Crippen molar-refractivity contribution in [1.82, 2.24) is 10.6 Å². The van der Waals surface area contributed by atoms with E-state index in [-0.39, 0.29) is 0 Å². The average molecular weight is 429 g/mol. The van der Waals surface area contributed by atoms with Gasteiger partial charge in [-0.2, -0.15) is 0 Å². The Morgan fingerprint density at radius 2 is 0.938 bits per heavy atom. The molecule has 0 aromatic heterocycles. The van der Waals surface area contributed by atoms with Crippen molar-refractivity contribution in [3.05, 3.63) is 83.9 Å². The van der Waals surface area contributed by atoms with Gasteiger partial charge in [-0.15, -0.1) is 0 Å². The molecule has 0 fully saturated rings. The van der Waals surface area contributed by atoms with Crippen molar-refractivity contribution < 1.29 is 9.47 Å². The molecule has 4 heteroatoms. The Bertz CT molecular complexity index is 1080. The summed E-state index contributed by atoms with van der Waals surface area (Å²) in [5.74, 6) is 1.86. The topological polar surface area (TPSA) is 42.5 Å². The molecule has 4 rings (SSSR count). The zero-order chi connectivity index (χ0) is 22.2. The lowest BCUT2D eigenvalue weighted by Gasteiger charge is -2.12. The van der Waals surface area contributed by atoms with Crippen LogP contribution in [0.25, 0.3) is 21.5 Å². The summed E-state index contributed by atoms with van der Waals surface area (Å²) in [6, 6.07) is 25.3. The van der Waals surface area contributed by atoms with Crippen LogP contribution in [-0.4, -0.2) is 27.3 Å². The molecule has 0 heterocycles. The highest BCUT2D eigenvalue weighted by Gasteiger charge is 2.07. The Morgan fingerprint density at radius 3 is 1.34 bits per heavy atom. The van der Waals surface area contributed by atoms with E-state index in [9.17, 15) is 0 Å². The number of hydrogen-bond acceptors (Lipinski definition) is 4. The molecule has 0 radical (unpaired) electrons. The van der Waals surface area contributed by atoms with Crippen LogP contribution in [0.1, 0.15) is 24.0 Å². The normalized spacial score (nSPS) is 11.2. The fourth-order valence-corrected chi connectivity index (χ4v) is 4.28. The summed E-state index contributed by atoms with van der Waals surface area (Å²) in [6.45, 7) is 3.76. The van der Waals surface area contributed by atoms with E-state index in [1.54, 1.807) is 14.2 Å². The molecule has 0 atom stereocenters. The molecule has 0 bridgehead atoms. The molecular weight excluding hydrogens is 396 g/mol. The van der Waals surface area contributed by atoms with Crippen LogP contribution in [0.2, 0.25) is 0 Å². The zero-order valence-corrected chi connectivity index (χ0v) is 19.0. The fraction of sp³-hybridized carbons (Fsp3) is 0.286. The molecule has 0 aliphatic carbocycles. The number of ether oxygens (including phenoxy) is 2. The van der Waals surface area contributed by atoms with Crippen molar-refractivity contribution in [3.63, 3.8) is 0 Å². The Kier molecular flexibility index (Phi) is 7.59. The Labute approximate surface area is 190 Å². The fourth-order valence-electron chi connectivity index (χ4n) is 4.28. The lowest BCUT2D eigenvalue weighted by Crippen LogP contribution is -2.19. The second-order valence-corrected chi connectivity index (χ2v) is 8.01. The molecule has 0 saturated heterocycles. The largest absolute Gasteiger partial charge is 0.496 e. The third-order valence-corrected chi connectivity index (χ3v) is 5.98. The maximum absolute atomic E-state index is 5.50. The van der Waals surface area contributed by atoms with E-state index in [1.165, 1.54) is 32.7 Å². The number of methoxy groups -OCH3 is 2. The third-order valence-electron chi connectivity index (χ3n) is 5.98. The lowest BCUT2D eigenvalue weighted by atomic mass is 10.0. The average Bonchev–Trinajstić information content (AvgIpc) is 2.85. The van der Waals surface area contributed by atoms with Crippen molar-refractivity contribution in [2.24, 2.45) is 0 Å². The van der Waals surface area contributed by atoms with Gasteiger partial charge in [0.1, 0.15) is 11.5 Å². The monoisotopic (exact) mass is 428 g/mol. The Morgan fingerprint density at radius 1 is 0.531 bits per heavy atom. The first-order valence-electron chi connectivity index (χ1n) is 11.3. The number of benzene rings is 4. The molecular formula is C28H32N2O2. The van der Waals surface area contributed by atoms with E-state index in [1.807, 2.05) is 0 Å². The molecule has 2 N–H and O–H groups in total. The molecule has 0 unspecified atom stereocenters. The SMILES string of the molecule is COc1ccc(CNCCCCNCc2ccc(OC)c3ccccc23)c2ccccc12. The van der Waals surface area contributed by atoms with E-state index in [0.29, 0.717) is 0 Å². The number of hydrogen-bond donors (Lipinski definition) is 2. The van der Waals surface area contributed by atoms with Crippen LogP contribution in [0.4, 0.5) is 0 Å². The van der Waals surface area contributed by atoms with E-state index in [0.717, 1.165) is 50.5 Å². The smallest absolute Gasteiger partial charge is 0.126 e. The highest BCUT2D eigenvalue weighted by atomic mass is 16.5. The number of nitrogens with one attached hydrogen (secondary N) is 2. The molecule has 4 aromatic rings. The van der Waals surface area contributed by atoms with Gasteiger partial charge in [-0.3, -0.25) is 0 Å². The first-order chi connectivity index (χ1) is 15.8. The van der Waals surface area contributed by atoms with Crippen LogP contribution < -0.4 is 20.1 Å². The van der Waals surface area contributed by atoms with Crippen molar-refractivity contribution >= 4 is 21.5 Å².